The Morgan fingerprint density at radius 2 is 2.00 bits per heavy atom. The molecule has 0 aliphatic heterocycles. The average molecular weight is 272 g/mol. The minimum Gasteiger partial charge on any atom is -0.465 e. The molecule has 0 amide bonds. The lowest BCUT2D eigenvalue weighted by Crippen LogP contribution is -2.29. The Morgan fingerprint density at radius 3 is 2.50 bits per heavy atom. The summed E-state index contributed by atoms with van der Waals surface area (Å²) in [5.74, 6) is 0.948. The number of sulfonamides is 1. The fraction of sp³-hybridized carbons (Fsp3) is 0.500. The van der Waals surface area contributed by atoms with Crippen molar-refractivity contribution in [1.29, 1.82) is 0 Å². The van der Waals surface area contributed by atoms with Crippen LogP contribution in [-0.4, -0.2) is 26.3 Å². The molecule has 0 spiro atoms. The second-order valence-corrected chi connectivity index (χ2v) is 6.11. The van der Waals surface area contributed by atoms with E-state index < -0.39 is 10.0 Å². The van der Waals surface area contributed by atoms with E-state index in [-0.39, 0.29) is 11.4 Å². The molecule has 0 saturated heterocycles. The Labute approximate surface area is 108 Å². The van der Waals surface area contributed by atoms with Gasteiger partial charge in [-0.1, -0.05) is 6.08 Å². The Kier molecular flexibility index (Phi) is 4.72. The molecule has 1 rings (SSSR count). The van der Waals surface area contributed by atoms with Crippen molar-refractivity contribution in [3.05, 3.63) is 29.7 Å². The number of hydrogen-bond acceptors (Lipinski definition) is 4. The first kappa shape index (κ1) is 14.9. The first-order chi connectivity index (χ1) is 8.36. The highest BCUT2D eigenvalue weighted by molar-refractivity contribution is 7.89. The van der Waals surface area contributed by atoms with Gasteiger partial charge in [-0.15, -0.1) is 6.58 Å². The fourth-order valence-corrected chi connectivity index (χ4v) is 3.43. The molecule has 6 heteroatoms. The molecule has 18 heavy (non-hydrogen) atoms. The smallest absolute Gasteiger partial charge is 0.246 e. The molecule has 0 atom stereocenters. The van der Waals surface area contributed by atoms with Crippen LogP contribution < -0.4 is 5.73 Å². The van der Waals surface area contributed by atoms with Gasteiger partial charge in [0, 0.05) is 25.7 Å². The SMILES string of the molecule is C=CCCN(C)S(=O)(=O)c1c(C)oc(C)c1CN. The third-order valence-electron chi connectivity index (χ3n) is 2.85. The van der Waals surface area contributed by atoms with Crippen LogP contribution in [0.2, 0.25) is 0 Å². The van der Waals surface area contributed by atoms with Crippen molar-refractivity contribution < 1.29 is 12.8 Å². The van der Waals surface area contributed by atoms with Gasteiger partial charge in [0.2, 0.25) is 10.0 Å². The van der Waals surface area contributed by atoms with Crippen molar-refractivity contribution in [2.75, 3.05) is 13.6 Å². The van der Waals surface area contributed by atoms with E-state index in [2.05, 4.69) is 6.58 Å². The Bertz CT molecular complexity index is 532. The summed E-state index contributed by atoms with van der Waals surface area (Å²) < 4.78 is 31.5. The zero-order chi connectivity index (χ0) is 13.9. The van der Waals surface area contributed by atoms with Crippen molar-refractivity contribution in [2.45, 2.75) is 31.7 Å². The molecular weight excluding hydrogens is 252 g/mol. The molecule has 0 bridgehead atoms. The third kappa shape index (κ3) is 2.66. The lowest BCUT2D eigenvalue weighted by molar-refractivity contribution is 0.466. The Balaban J connectivity index is 3.23. The number of nitrogens with zero attached hydrogens (tertiary/aromatic N) is 1. The number of rotatable bonds is 6. The minimum atomic E-state index is -3.55. The van der Waals surface area contributed by atoms with E-state index in [1.54, 1.807) is 27.0 Å². The summed E-state index contributed by atoms with van der Waals surface area (Å²) in [7, 11) is -2.01. The Morgan fingerprint density at radius 1 is 1.39 bits per heavy atom. The van der Waals surface area contributed by atoms with Crippen LogP contribution in [0.1, 0.15) is 23.5 Å². The monoisotopic (exact) mass is 272 g/mol. The molecule has 1 aromatic rings. The zero-order valence-electron chi connectivity index (χ0n) is 11.1. The predicted octanol–water partition coefficient (Wildman–Crippen LogP) is 1.55. The summed E-state index contributed by atoms with van der Waals surface area (Å²) in [6.07, 6.45) is 2.28. The van der Waals surface area contributed by atoms with Gasteiger partial charge in [0.25, 0.3) is 0 Å². The fourth-order valence-electron chi connectivity index (χ4n) is 1.83. The van der Waals surface area contributed by atoms with Gasteiger partial charge >= 0.3 is 0 Å². The van der Waals surface area contributed by atoms with Crippen molar-refractivity contribution in [1.82, 2.24) is 4.31 Å². The zero-order valence-corrected chi connectivity index (χ0v) is 11.9. The van der Waals surface area contributed by atoms with Crippen LogP contribution >= 0.6 is 0 Å². The third-order valence-corrected chi connectivity index (χ3v) is 4.90. The first-order valence-electron chi connectivity index (χ1n) is 5.72. The number of nitrogens with two attached hydrogens (primary N) is 1. The number of aryl methyl sites for hydroxylation is 2. The summed E-state index contributed by atoms with van der Waals surface area (Å²) in [6, 6.07) is 0. The summed E-state index contributed by atoms with van der Waals surface area (Å²) in [5.41, 5.74) is 6.16. The lowest BCUT2D eigenvalue weighted by Gasteiger charge is -2.16. The molecule has 0 fully saturated rings. The largest absolute Gasteiger partial charge is 0.465 e. The molecule has 0 aliphatic carbocycles. The molecule has 0 radical (unpaired) electrons. The van der Waals surface area contributed by atoms with Crippen LogP contribution in [-0.2, 0) is 16.6 Å². The van der Waals surface area contributed by atoms with Crippen LogP contribution in [0.4, 0.5) is 0 Å². The number of furan rings is 1. The van der Waals surface area contributed by atoms with Gasteiger partial charge in [0.1, 0.15) is 16.4 Å². The van der Waals surface area contributed by atoms with Gasteiger partial charge in [-0.25, -0.2) is 12.7 Å². The molecule has 0 unspecified atom stereocenters. The summed E-state index contributed by atoms with van der Waals surface area (Å²) in [6.45, 7) is 7.48. The standard InChI is InChI=1S/C12H20N2O3S/c1-5-6-7-14(4)18(15,16)12-10(3)17-9(2)11(12)8-13/h5H,1,6-8,13H2,2-4H3. The maximum atomic E-state index is 12.4. The van der Waals surface area contributed by atoms with Crippen LogP contribution in [0, 0.1) is 13.8 Å². The van der Waals surface area contributed by atoms with E-state index in [9.17, 15) is 8.42 Å². The topological polar surface area (TPSA) is 76.5 Å². The molecular formula is C12H20N2O3S. The van der Waals surface area contributed by atoms with E-state index in [0.29, 0.717) is 30.0 Å². The summed E-state index contributed by atoms with van der Waals surface area (Å²) in [4.78, 5) is 0.203. The molecule has 0 aromatic carbocycles. The van der Waals surface area contributed by atoms with Gasteiger partial charge in [-0.3, -0.25) is 0 Å². The van der Waals surface area contributed by atoms with Crippen LogP contribution in [0.15, 0.2) is 22.0 Å². The molecule has 0 aliphatic rings. The summed E-state index contributed by atoms with van der Waals surface area (Å²) in [5, 5.41) is 0. The van der Waals surface area contributed by atoms with Gasteiger partial charge in [0.15, 0.2) is 0 Å². The first-order valence-corrected chi connectivity index (χ1v) is 7.16. The van der Waals surface area contributed by atoms with Crippen LogP contribution in [0.3, 0.4) is 0 Å². The maximum absolute atomic E-state index is 12.4. The average Bonchev–Trinajstić information content (AvgIpc) is 2.60. The molecule has 1 heterocycles. The number of hydrogen-bond donors (Lipinski definition) is 1. The second kappa shape index (κ2) is 5.69. The van der Waals surface area contributed by atoms with Gasteiger partial charge in [0.05, 0.1) is 0 Å². The highest BCUT2D eigenvalue weighted by atomic mass is 32.2. The van der Waals surface area contributed by atoms with Crippen LogP contribution in [0.25, 0.3) is 0 Å². The van der Waals surface area contributed by atoms with E-state index in [0.717, 1.165) is 0 Å². The van der Waals surface area contributed by atoms with Crippen molar-refractivity contribution in [2.24, 2.45) is 5.73 Å². The molecule has 1 aromatic heterocycles. The lowest BCUT2D eigenvalue weighted by atomic mass is 10.2. The normalized spacial score (nSPS) is 12.1. The molecule has 0 saturated carbocycles. The van der Waals surface area contributed by atoms with Gasteiger partial charge < -0.3 is 10.2 Å². The Hall–Kier alpha value is -1.11. The van der Waals surface area contributed by atoms with E-state index in [4.69, 9.17) is 10.2 Å². The van der Waals surface area contributed by atoms with Crippen molar-refractivity contribution in [3.63, 3.8) is 0 Å². The van der Waals surface area contributed by atoms with E-state index in [1.807, 2.05) is 0 Å². The quantitative estimate of drug-likeness (QED) is 0.797. The van der Waals surface area contributed by atoms with Crippen molar-refractivity contribution >= 4 is 10.0 Å². The molecule has 5 nitrogen and oxygen atoms in total. The molecule has 102 valence electrons. The summed E-state index contributed by atoms with van der Waals surface area (Å²) >= 11 is 0. The van der Waals surface area contributed by atoms with Gasteiger partial charge in [-0.05, 0) is 20.3 Å². The maximum Gasteiger partial charge on any atom is 0.246 e. The van der Waals surface area contributed by atoms with Crippen LogP contribution in [0.5, 0.6) is 0 Å². The van der Waals surface area contributed by atoms with E-state index >= 15 is 0 Å². The van der Waals surface area contributed by atoms with E-state index in [1.165, 1.54) is 4.31 Å². The molecule has 2 N–H and O–H groups in total. The predicted molar refractivity (Wildman–Crippen MR) is 70.7 cm³/mol. The van der Waals surface area contributed by atoms with Gasteiger partial charge in [-0.2, -0.15) is 0 Å². The second-order valence-electron chi connectivity index (χ2n) is 4.13. The highest BCUT2D eigenvalue weighted by Gasteiger charge is 2.29. The van der Waals surface area contributed by atoms with Crippen molar-refractivity contribution in [3.8, 4) is 0 Å². The minimum absolute atomic E-state index is 0.146. The highest BCUT2D eigenvalue weighted by Crippen LogP contribution is 2.28.